The van der Waals surface area contributed by atoms with Crippen molar-refractivity contribution in [2.24, 2.45) is 0 Å². The van der Waals surface area contributed by atoms with Crippen molar-refractivity contribution < 1.29 is 4.42 Å². The van der Waals surface area contributed by atoms with Gasteiger partial charge in [0.25, 0.3) is 0 Å². The van der Waals surface area contributed by atoms with E-state index in [4.69, 9.17) is 9.40 Å². The van der Waals surface area contributed by atoms with E-state index in [0.29, 0.717) is 5.89 Å². The minimum Gasteiger partial charge on any atom is -0.436 e. The third kappa shape index (κ3) is 3.77. The summed E-state index contributed by atoms with van der Waals surface area (Å²) in [5, 5.41) is 2.43. The van der Waals surface area contributed by atoms with E-state index in [0.717, 1.165) is 33.7 Å². The molecule has 0 fully saturated rings. The van der Waals surface area contributed by atoms with Crippen molar-refractivity contribution in [2.45, 2.75) is 19.3 Å². The molecule has 0 saturated heterocycles. The fraction of sp³-hybridized carbons (Fsp3) is 0.0789. The molecule has 6 aromatic carbocycles. The normalized spacial score (nSPS) is 13.3. The highest BCUT2D eigenvalue weighted by molar-refractivity contribution is 5.92. The quantitative estimate of drug-likeness (QED) is 0.228. The van der Waals surface area contributed by atoms with Crippen molar-refractivity contribution in [2.75, 3.05) is 4.90 Å². The number of anilines is 3. The SMILES string of the molecule is CC1(C)c2ccccc2-c2ccc(N(c3ccc4ccccc4c3)c3ccc4oc(-c5ccccc5)nc4c3)cc21. The number of nitrogens with zero attached hydrogens (tertiary/aromatic N) is 2. The Hall–Kier alpha value is -5.15. The smallest absolute Gasteiger partial charge is 0.227 e. The van der Waals surface area contributed by atoms with Crippen LogP contribution in [0.4, 0.5) is 17.1 Å². The van der Waals surface area contributed by atoms with Gasteiger partial charge < -0.3 is 9.32 Å². The third-order valence-electron chi connectivity index (χ3n) is 8.47. The minimum atomic E-state index is -0.0857. The first kappa shape index (κ1) is 23.7. The molecule has 0 bridgehead atoms. The lowest BCUT2D eigenvalue weighted by Gasteiger charge is -2.28. The Bertz CT molecular complexity index is 2090. The first-order chi connectivity index (χ1) is 20.1. The maximum absolute atomic E-state index is 6.15. The van der Waals surface area contributed by atoms with Gasteiger partial charge in [-0.2, -0.15) is 0 Å². The largest absolute Gasteiger partial charge is 0.436 e. The molecule has 3 nitrogen and oxygen atoms in total. The van der Waals surface area contributed by atoms with E-state index in [-0.39, 0.29) is 5.41 Å². The zero-order valence-electron chi connectivity index (χ0n) is 23.0. The summed E-state index contributed by atoms with van der Waals surface area (Å²) in [6, 6.07) is 47.2. The number of benzene rings is 6. The number of hydrogen-bond acceptors (Lipinski definition) is 3. The zero-order chi connectivity index (χ0) is 27.6. The molecule has 0 atom stereocenters. The van der Waals surface area contributed by atoms with E-state index in [1.54, 1.807) is 0 Å². The van der Waals surface area contributed by atoms with Gasteiger partial charge in [0.05, 0.1) is 0 Å². The van der Waals surface area contributed by atoms with Crippen LogP contribution in [0.5, 0.6) is 0 Å². The summed E-state index contributed by atoms with van der Waals surface area (Å²) >= 11 is 0. The highest BCUT2D eigenvalue weighted by Gasteiger charge is 2.35. The molecule has 0 amide bonds. The molecule has 8 rings (SSSR count). The predicted octanol–water partition coefficient (Wildman–Crippen LogP) is 10.4. The van der Waals surface area contributed by atoms with E-state index in [1.807, 2.05) is 36.4 Å². The third-order valence-corrected chi connectivity index (χ3v) is 8.47. The molecule has 0 N–H and O–H groups in total. The van der Waals surface area contributed by atoms with Gasteiger partial charge in [0.1, 0.15) is 5.52 Å². The summed E-state index contributed by atoms with van der Waals surface area (Å²) in [4.78, 5) is 7.21. The molecule has 0 saturated carbocycles. The van der Waals surface area contributed by atoms with Crippen LogP contribution in [0.15, 0.2) is 138 Å². The lowest BCUT2D eigenvalue weighted by atomic mass is 9.82. The lowest BCUT2D eigenvalue weighted by Crippen LogP contribution is -2.16. The standard InChI is InChI=1S/C38H28N2O/c1-38(2)33-15-9-8-14-31(33)32-20-18-29(23-34(32)38)40(28-17-16-25-10-6-7-13-27(25)22-28)30-19-21-36-35(24-30)39-37(41-36)26-11-4-3-5-12-26/h3-24H,1-2H3. The fourth-order valence-electron chi connectivity index (χ4n) is 6.35. The second-order valence-electron chi connectivity index (χ2n) is 11.3. The number of oxazole rings is 1. The summed E-state index contributed by atoms with van der Waals surface area (Å²) in [6.07, 6.45) is 0. The molecule has 1 aromatic heterocycles. The Morgan fingerprint density at radius 2 is 1.22 bits per heavy atom. The van der Waals surface area contributed by atoms with Gasteiger partial charge in [-0.25, -0.2) is 4.98 Å². The van der Waals surface area contributed by atoms with Crippen molar-refractivity contribution in [1.29, 1.82) is 0 Å². The molecule has 1 aliphatic rings. The summed E-state index contributed by atoms with van der Waals surface area (Å²) < 4.78 is 6.15. The maximum atomic E-state index is 6.15. The molecule has 196 valence electrons. The number of aromatic nitrogens is 1. The van der Waals surface area contributed by atoms with Crippen LogP contribution in [-0.2, 0) is 5.41 Å². The highest BCUT2D eigenvalue weighted by atomic mass is 16.3. The van der Waals surface area contributed by atoms with E-state index in [1.165, 1.54) is 33.0 Å². The van der Waals surface area contributed by atoms with Crippen molar-refractivity contribution >= 4 is 38.9 Å². The topological polar surface area (TPSA) is 29.3 Å². The fourth-order valence-corrected chi connectivity index (χ4v) is 6.35. The first-order valence-corrected chi connectivity index (χ1v) is 14.1. The Morgan fingerprint density at radius 1 is 0.561 bits per heavy atom. The van der Waals surface area contributed by atoms with Crippen LogP contribution < -0.4 is 4.90 Å². The van der Waals surface area contributed by atoms with Crippen molar-refractivity contribution in [3.05, 3.63) is 145 Å². The number of rotatable bonds is 4. The van der Waals surface area contributed by atoms with E-state index in [2.05, 4.69) is 116 Å². The van der Waals surface area contributed by atoms with Crippen molar-refractivity contribution in [3.63, 3.8) is 0 Å². The first-order valence-electron chi connectivity index (χ1n) is 14.1. The number of fused-ring (bicyclic) bond motifs is 5. The Kier molecular flexibility index (Phi) is 5.17. The summed E-state index contributed by atoms with van der Waals surface area (Å²) in [7, 11) is 0. The summed E-state index contributed by atoms with van der Waals surface area (Å²) in [6.45, 7) is 4.66. The minimum absolute atomic E-state index is 0.0857. The summed E-state index contributed by atoms with van der Waals surface area (Å²) in [5.74, 6) is 0.632. The molecular formula is C38H28N2O. The van der Waals surface area contributed by atoms with Gasteiger partial charge in [0.15, 0.2) is 5.58 Å². The molecule has 41 heavy (non-hydrogen) atoms. The highest BCUT2D eigenvalue weighted by Crippen LogP contribution is 2.50. The Balaban J connectivity index is 1.31. The van der Waals surface area contributed by atoms with Gasteiger partial charge in [-0.1, -0.05) is 92.7 Å². The zero-order valence-corrected chi connectivity index (χ0v) is 23.0. The molecule has 0 aliphatic heterocycles. The van der Waals surface area contributed by atoms with Crippen LogP contribution in [0.1, 0.15) is 25.0 Å². The van der Waals surface area contributed by atoms with Gasteiger partial charge in [0.2, 0.25) is 5.89 Å². The van der Waals surface area contributed by atoms with Crippen LogP contribution in [0, 0.1) is 0 Å². The maximum Gasteiger partial charge on any atom is 0.227 e. The Morgan fingerprint density at radius 3 is 2.10 bits per heavy atom. The van der Waals surface area contributed by atoms with Crippen molar-refractivity contribution in [3.8, 4) is 22.6 Å². The van der Waals surface area contributed by atoms with Crippen molar-refractivity contribution in [1.82, 2.24) is 4.98 Å². The van der Waals surface area contributed by atoms with Gasteiger partial charge >= 0.3 is 0 Å². The van der Waals surface area contributed by atoms with Crippen LogP contribution in [-0.4, -0.2) is 4.98 Å². The van der Waals surface area contributed by atoms with Gasteiger partial charge in [0, 0.05) is 28.0 Å². The van der Waals surface area contributed by atoms with Gasteiger partial charge in [-0.05, 0) is 87.6 Å². The van der Waals surface area contributed by atoms with Gasteiger partial charge in [-0.15, -0.1) is 0 Å². The molecule has 3 heteroatoms. The second-order valence-corrected chi connectivity index (χ2v) is 11.3. The molecule has 0 unspecified atom stereocenters. The van der Waals surface area contributed by atoms with Crippen LogP contribution >= 0.6 is 0 Å². The van der Waals surface area contributed by atoms with E-state index in [9.17, 15) is 0 Å². The second kappa shape index (κ2) is 8.94. The predicted molar refractivity (Wildman–Crippen MR) is 169 cm³/mol. The monoisotopic (exact) mass is 528 g/mol. The van der Waals surface area contributed by atoms with E-state index >= 15 is 0 Å². The molecule has 0 radical (unpaired) electrons. The average Bonchev–Trinajstić information content (AvgIpc) is 3.54. The summed E-state index contributed by atoms with van der Waals surface area (Å²) in [5.41, 5.74) is 11.1. The van der Waals surface area contributed by atoms with Crippen LogP contribution in [0.2, 0.25) is 0 Å². The van der Waals surface area contributed by atoms with Crippen LogP contribution in [0.3, 0.4) is 0 Å². The molecule has 1 aliphatic carbocycles. The molecular weight excluding hydrogens is 500 g/mol. The average molecular weight is 529 g/mol. The van der Waals surface area contributed by atoms with Gasteiger partial charge in [-0.3, -0.25) is 0 Å². The lowest BCUT2D eigenvalue weighted by molar-refractivity contribution is 0.620. The number of hydrogen-bond donors (Lipinski definition) is 0. The van der Waals surface area contributed by atoms with Crippen LogP contribution in [0.25, 0.3) is 44.5 Å². The Labute approximate surface area is 239 Å². The molecule has 7 aromatic rings. The van der Waals surface area contributed by atoms with E-state index < -0.39 is 0 Å². The molecule has 0 spiro atoms. The molecule has 1 heterocycles.